The lowest BCUT2D eigenvalue weighted by atomic mass is 10.0. The lowest BCUT2D eigenvalue weighted by Gasteiger charge is -2.30. The Kier molecular flexibility index (Phi) is 7.59. The van der Waals surface area contributed by atoms with E-state index in [0.717, 1.165) is 28.9 Å². The average molecular weight is 516 g/mol. The number of aryl methyl sites for hydroxylation is 2. The quantitative estimate of drug-likeness (QED) is 0.630. The van der Waals surface area contributed by atoms with Crippen LogP contribution in [0.25, 0.3) is 0 Å². The summed E-state index contributed by atoms with van der Waals surface area (Å²) in [5.74, 6) is -0.0129. The first kappa shape index (κ1) is 25.7. The molecule has 0 spiro atoms. The zero-order chi connectivity index (χ0) is 25.3. The molecule has 2 heterocycles. The van der Waals surface area contributed by atoms with Gasteiger partial charge in [-0.15, -0.1) is 11.8 Å². The van der Waals surface area contributed by atoms with E-state index in [2.05, 4.69) is 12.2 Å². The van der Waals surface area contributed by atoms with Crippen molar-refractivity contribution >= 4 is 45.0 Å². The molecule has 0 bridgehead atoms. The molecule has 2 aliphatic heterocycles. The summed E-state index contributed by atoms with van der Waals surface area (Å²) in [6.45, 7) is 8.88. The van der Waals surface area contributed by atoms with Gasteiger partial charge in [0.1, 0.15) is 6.54 Å². The van der Waals surface area contributed by atoms with Gasteiger partial charge in [-0.05, 0) is 74.1 Å². The van der Waals surface area contributed by atoms with Crippen LogP contribution in [0.4, 0.5) is 11.4 Å². The highest BCUT2D eigenvalue weighted by Gasteiger charge is 2.32. The first-order valence-electron chi connectivity index (χ1n) is 12.0. The molecule has 1 atom stereocenters. The van der Waals surface area contributed by atoms with Gasteiger partial charge in [0.2, 0.25) is 21.8 Å². The van der Waals surface area contributed by atoms with Crippen LogP contribution >= 0.6 is 11.8 Å². The molecular formula is C26H33N3O4S2. The lowest BCUT2D eigenvalue weighted by Crippen LogP contribution is -2.39. The number of carbonyl (C=O) groups excluding carboxylic acids is 2. The Morgan fingerprint density at radius 2 is 1.77 bits per heavy atom. The second-order valence-electron chi connectivity index (χ2n) is 9.68. The van der Waals surface area contributed by atoms with Crippen molar-refractivity contribution in [1.29, 1.82) is 0 Å². The summed E-state index contributed by atoms with van der Waals surface area (Å²) in [5.41, 5.74) is 3.33. The second kappa shape index (κ2) is 10.3. The molecule has 1 fully saturated rings. The first-order valence-corrected chi connectivity index (χ1v) is 14.3. The number of nitrogens with zero attached hydrogens (tertiary/aromatic N) is 2. The van der Waals surface area contributed by atoms with E-state index in [1.165, 1.54) is 21.0 Å². The lowest BCUT2D eigenvalue weighted by molar-refractivity contribution is -0.121. The zero-order valence-corrected chi connectivity index (χ0v) is 22.3. The Morgan fingerprint density at radius 1 is 1.06 bits per heavy atom. The fraction of sp³-hybridized carbons (Fsp3) is 0.462. The highest BCUT2D eigenvalue weighted by atomic mass is 32.2. The van der Waals surface area contributed by atoms with Crippen LogP contribution < -0.4 is 10.2 Å². The average Bonchev–Trinajstić information content (AvgIpc) is 2.91. The molecule has 1 N–H and O–H groups in total. The fourth-order valence-corrected chi connectivity index (χ4v) is 7.01. The minimum Gasteiger partial charge on any atom is -0.325 e. The van der Waals surface area contributed by atoms with Crippen molar-refractivity contribution in [3.05, 3.63) is 47.5 Å². The summed E-state index contributed by atoms with van der Waals surface area (Å²) < 4.78 is 28.3. The molecule has 0 unspecified atom stereocenters. The van der Waals surface area contributed by atoms with Crippen molar-refractivity contribution in [2.75, 3.05) is 29.9 Å². The standard InChI is InChI=1S/C26H33N3O4S2/c1-17-9-11-28(12-10-17)35(32,33)22-7-8-24-23(15-22)29(26(31)14-20(4)34-24)16-25(30)27-21-6-5-18(2)19(3)13-21/h5-8,13,15,17,20H,9-12,14,16H2,1-4H3,(H,27,30)/t20-/m1/s1. The Hall–Kier alpha value is -2.36. The largest absolute Gasteiger partial charge is 0.325 e. The van der Waals surface area contributed by atoms with Gasteiger partial charge in [-0.1, -0.05) is 19.9 Å². The first-order chi connectivity index (χ1) is 16.5. The SMILES string of the molecule is Cc1ccc(NC(=O)CN2C(=O)C[C@@H](C)Sc3ccc(S(=O)(=O)N4CCC(C)CC4)cc32)cc1C. The van der Waals surface area contributed by atoms with Gasteiger partial charge in [-0.3, -0.25) is 9.59 Å². The predicted molar refractivity (Wildman–Crippen MR) is 140 cm³/mol. The summed E-state index contributed by atoms with van der Waals surface area (Å²) in [6.07, 6.45) is 1.93. The number of hydrogen-bond acceptors (Lipinski definition) is 5. The van der Waals surface area contributed by atoms with Gasteiger partial charge in [0.25, 0.3) is 0 Å². The van der Waals surface area contributed by atoms with Gasteiger partial charge < -0.3 is 10.2 Å². The Balaban J connectivity index is 1.63. The number of benzene rings is 2. The number of sulfonamides is 1. The van der Waals surface area contributed by atoms with E-state index in [1.54, 1.807) is 18.2 Å². The van der Waals surface area contributed by atoms with Crippen LogP contribution in [0, 0.1) is 19.8 Å². The Morgan fingerprint density at radius 3 is 2.46 bits per heavy atom. The smallest absolute Gasteiger partial charge is 0.244 e. The molecule has 0 saturated carbocycles. The number of fused-ring (bicyclic) bond motifs is 1. The number of thioether (sulfide) groups is 1. The maximum Gasteiger partial charge on any atom is 0.244 e. The summed E-state index contributed by atoms with van der Waals surface area (Å²) in [7, 11) is -3.69. The van der Waals surface area contributed by atoms with Crippen molar-refractivity contribution in [1.82, 2.24) is 4.31 Å². The Bertz CT molecular complexity index is 1240. The van der Waals surface area contributed by atoms with Crippen LogP contribution in [-0.4, -0.2) is 49.4 Å². The topological polar surface area (TPSA) is 86.8 Å². The van der Waals surface area contributed by atoms with E-state index >= 15 is 0 Å². The molecule has 0 radical (unpaired) electrons. The molecule has 7 nitrogen and oxygen atoms in total. The van der Waals surface area contributed by atoms with Crippen molar-refractivity contribution in [2.45, 2.75) is 62.0 Å². The number of hydrogen-bond donors (Lipinski definition) is 1. The molecule has 2 aromatic rings. The number of rotatable bonds is 5. The minimum atomic E-state index is -3.69. The van der Waals surface area contributed by atoms with Crippen molar-refractivity contribution in [2.24, 2.45) is 5.92 Å². The van der Waals surface area contributed by atoms with E-state index in [9.17, 15) is 18.0 Å². The van der Waals surface area contributed by atoms with Crippen LogP contribution in [0.5, 0.6) is 0 Å². The molecule has 35 heavy (non-hydrogen) atoms. The summed E-state index contributed by atoms with van der Waals surface area (Å²) in [5, 5.41) is 2.89. The van der Waals surface area contributed by atoms with Gasteiger partial charge in [0.15, 0.2) is 0 Å². The maximum atomic E-state index is 13.4. The zero-order valence-electron chi connectivity index (χ0n) is 20.7. The molecule has 9 heteroatoms. The van der Waals surface area contributed by atoms with Crippen molar-refractivity contribution in [3.63, 3.8) is 0 Å². The third-order valence-corrected chi connectivity index (χ3v) is 9.85. The third kappa shape index (κ3) is 5.73. The maximum absolute atomic E-state index is 13.4. The van der Waals surface area contributed by atoms with Crippen molar-refractivity contribution < 1.29 is 18.0 Å². The molecule has 2 aromatic carbocycles. The van der Waals surface area contributed by atoms with Gasteiger partial charge in [0.05, 0.1) is 10.6 Å². The van der Waals surface area contributed by atoms with E-state index in [0.29, 0.717) is 30.4 Å². The van der Waals surface area contributed by atoms with E-state index < -0.39 is 10.0 Å². The number of piperidine rings is 1. The van der Waals surface area contributed by atoms with Crippen molar-refractivity contribution in [3.8, 4) is 0 Å². The minimum absolute atomic E-state index is 0.0140. The van der Waals surface area contributed by atoms with E-state index in [1.807, 2.05) is 39.0 Å². The summed E-state index contributed by atoms with van der Waals surface area (Å²) in [4.78, 5) is 28.5. The number of carbonyl (C=O) groups is 2. The second-order valence-corrected chi connectivity index (χ2v) is 13.1. The van der Waals surface area contributed by atoms with Gasteiger partial charge in [-0.25, -0.2) is 8.42 Å². The van der Waals surface area contributed by atoms with Gasteiger partial charge >= 0.3 is 0 Å². The monoisotopic (exact) mass is 515 g/mol. The molecule has 0 aliphatic carbocycles. The molecule has 4 rings (SSSR count). The molecule has 1 saturated heterocycles. The molecule has 2 amide bonds. The van der Waals surface area contributed by atoms with Gasteiger partial charge in [-0.2, -0.15) is 4.31 Å². The normalized spacial score (nSPS) is 19.8. The number of amides is 2. The highest BCUT2D eigenvalue weighted by Crippen LogP contribution is 2.40. The van der Waals surface area contributed by atoms with Crippen LogP contribution in [-0.2, 0) is 19.6 Å². The fourth-order valence-electron chi connectivity index (χ4n) is 4.43. The van der Waals surface area contributed by atoms with Crippen LogP contribution in [0.1, 0.15) is 44.2 Å². The third-order valence-electron chi connectivity index (χ3n) is 6.79. The van der Waals surface area contributed by atoms with E-state index in [-0.39, 0.29) is 34.9 Å². The predicted octanol–water partition coefficient (Wildman–Crippen LogP) is 4.58. The number of nitrogens with one attached hydrogen (secondary N) is 1. The van der Waals surface area contributed by atoms with Crippen LogP contribution in [0.2, 0.25) is 0 Å². The summed E-state index contributed by atoms with van der Waals surface area (Å²) in [6, 6.07) is 10.6. The van der Waals surface area contributed by atoms with Gasteiger partial charge in [0, 0.05) is 35.3 Å². The summed E-state index contributed by atoms with van der Waals surface area (Å²) >= 11 is 1.53. The van der Waals surface area contributed by atoms with Crippen LogP contribution in [0.3, 0.4) is 0 Å². The molecule has 0 aromatic heterocycles. The highest BCUT2D eigenvalue weighted by molar-refractivity contribution is 8.00. The van der Waals surface area contributed by atoms with Crippen LogP contribution in [0.15, 0.2) is 46.2 Å². The van der Waals surface area contributed by atoms with E-state index in [4.69, 9.17) is 0 Å². The molecule has 2 aliphatic rings. The number of anilines is 2. The Labute approximate surface area is 212 Å². The molecular weight excluding hydrogens is 482 g/mol. The molecule has 188 valence electrons.